The summed E-state index contributed by atoms with van der Waals surface area (Å²) in [5, 5.41) is 17.6. The molecule has 1 aliphatic heterocycles. The van der Waals surface area contributed by atoms with Crippen LogP contribution in [0.1, 0.15) is 12.0 Å². The summed E-state index contributed by atoms with van der Waals surface area (Å²) in [5.41, 5.74) is -3.24. The Labute approximate surface area is 203 Å². The molecule has 0 saturated carbocycles. The summed E-state index contributed by atoms with van der Waals surface area (Å²) in [6.45, 7) is 0. The minimum atomic E-state index is -5.05. The number of anilines is 1. The van der Waals surface area contributed by atoms with Crippen LogP contribution >= 0.6 is 34.5 Å². The summed E-state index contributed by atoms with van der Waals surface area (Å²) in [4.78, 5) is 16.7. The first-order chi connectivity index (χ1) is 16.0. The zero-order chi connectivity index (χ0) is 24.3. The van der Waals surface area contributed by atoms with Gasteiger partial charge in [0.05, 0.1) is 23.4 Å². The fourth-order valence-electron chi connectivity index (χ4n) is 3.53. The van der Waals surface area contributed by atoms with E-state index < -0.39 is 23.9 Å². The van der Waals surface area contributed by atoms with Gasteiger partial charge < -0.3 is 9.52 Å². The van der Waals surface area contributed by atoms with E-state index in [9.17, 15) is 23.1 Å². The molecule has 0 aliphatic carbocycles. The second kappa shape index (κ2) is 8.09. The molecule has 1 aliphatic rings. The summed E-state index contributed by atoms with van der Waals surface area (Å²) >= 11 is 12.7. The maximum absolute atomic E-state index is 14.0. The molecule has 174 valence electrons. The highest BCUT2D eigenvalue weighted by atomic mass is 35.5. The van der Waals surface area contributed by atoms with Crippen molar-refractivity contribution in [2.24, 2.45) is 5.10 Å². The van der Waals surface area contributed by atoms with Gasteiger partial charge in [-0.1, -0.05) is 35.3 Å². The maximum Gasteiger partial charge on any atom is 0.438 e. The molecule has 1 N–H and O–H groups in total. The van der Waals surface area contributed by atoms with Gasteiger partial charge in [-0.25, -0.2) is 9.78 Å². The molecule has 2 aromatic heterocycles. The summed E-state index contributed by atoms with van der Waals surface area (Å²) in [6.07, 6.45) is -5.86. The van der Waals surface area contributed by atoms with E-state index in [2.05, 4.69) is 10.1 Å². The van der Waals surface area contributed by atoms with E-state index in [4.69, 9.17) is 27.6 Å². The van der Waals surface area contributed by atoms with Crippen molar-refractivity contribution in [3.63, 3.8) is 0 Å². The van der Waals surface area contributed by atoms with Crippen LogP contribution in [0.15, 0.2) is 68.2 Å². The molecule has 0 unspecified atom stereocenters. The lowest BCUT2D eigenvalue weighted by molar-refractivity contribution is -0.254. The minimum Gasteiger partial charge on any atom is -0.422 e. The van der Waals surface area contributed by atoms with Crippen LogP contribution in [-0.4, -0.2) is 27.7 Å². The third-order valence-electron chi connectivity index (χ3n) is 5.26. The van der Waals surface area contributed by atoms with Gasteiger partial charge in [-0.3, -0.25) is 0 Å². The Morgan fingerprint density at radius 3 is 2.50 bits per heavy atom. The molecule has 0 fully saturated rings. The molecule has 2 aromatic carbocycles. The first kappa shape index (κ1) is 22.9. The molecular weight excluding hydrogens is 514 g/mol. The van der Waals surface area contributed by atoms with Gasteiger partial charge in [0.25, 0.3) is 5.72 Å². The highest BCUT2D eigenvalue weighted by molar-refractivity contribution is 7.14. The first-order valence-corrected chi connectivity index (χ1v) is 11.3. The highest BCUT2D eigenvalue weighted by Crippen LogP contribution is 2.45. The van der Waals surface area contributed by atoms with Gasteiger partial charge in [-0.15, -0.1) is 11.3 Å². The number of thiazole rings is 1. The van der Waals surface area contributed by atoms with Crippen LogP contribution in [0.3, 0.4) is 0 Å². The number of benzene rings is 2. The fraction of sp³-hybridized carbons (Fsp3) is 0.136. The van der Waals surface area contributed by atoms with Gasteiger partial charge in [0.1, 0.15) is 5.58 Å². The van der Waals surface area contributed by atoms with Gasteiger partial charge in [0, 0.05) is 20.8 Å². The third-order valence-corrected chi connectivity index (χ3v) is 6.56. The molecule has 5 rings (SSSR count). The lowest BCUT2D eigenvalue weighted by Gasteiger charge is -2.32. The van der Waals surface area contributed by atoms with Crippen LogP contribution in [-0.2, 0) is 0 Å². The molecule has 0 amide bonds. The molecule has 0 radical (unpaired) electrons. The predicted molar refractivity (Wildman–Crippen MR) is 125 cm³/mol. The van der Waals surface area contributed by atoms with Crippen molar-refractivity contribution in [1.82, 2.24) is 4.98 Å². The number of aliphatic hydroxyl groups is 1. The molecule has 0 saturated heterocycles. The second-order valence-corrected chi connectivity index (χ2v) is 9.21. The summed E-state index contributed by atoms with van der Waals surface area (Å²) in [5.74, 6) is 0. The molecule has 0 spiro atoms. The quantitative estimate of drug-likeness (QED) is 0.327. The number of aromatic nitrogens is 1. The van der Waals surface area contributed by atoms with E-state index in [-0.39, 0.29) is 22.1 Å². The molecule has 3 heterocycles. The zero-order valence-corrected chi connectivity index (χ0v) is 19.1. The number of alkyl halides is 3. The number of fused-ring (bicyclic) bond motifs is 1. The van der Waals surface area contributed by atoms with E-state index in [1.165, 1.54) is 41.8 Å². The van der Waals surface area contributed by atoms with Crippen molar-refractivity contribution in [2.75, 3.05) is 5.01 Å². The van der Waals surface area contributed by atoms with Crippen molar-refractivity contribution >= 4 is 56.4 Å². The SMILES string of the molecule is O=c1oc2ccc(Cl)cc2cc1-c1csc(N2N=C(c3ccc(Cl)cc3)C[C@@]2(O)C(F)(F)F)n1. The van der Waals surface area contributed by atoms with Crippen LogP contribution in [0.25, 0.3) is 22.2 Å². The monoisotopic (exact) mass is 525 g/mol. The van der Waals surface area contributed by atoms with Gasteiger partial charge in [-0.05, 0) is 42.0 Å². The van der Waals surface area contributed by atoms with Crippen molar-refractivity contribution in [3.8, 4) is 11.3 Å². The number of nitrogens with zero attached hydrogens (tertiary/aromatic N) is 3. The van der Waals surface area contributed by atoms with Crippen LogP contribution in [0.4, 0.5) is 18.3 Å². The molecule has 1 atom stereocenters. The predicted octanol–water partition coefficient (Wildman–Crippen LogP) is 6.09. The number of rotatable bonds is 3. The molecule has 0 bridgehead atoms. The van der Waals surface area contributed by atoms with Gasteiger partial charge in [0.2, 0.25) is 5.13 Å². The number of hydrogen-bond acceptors (Lipinski definition) is 7. The Morgan fingerprint density at radius 1 is 1.09 bits per heavy atom. The molecule has 6 nitrogen and oxygen atoms in total. The van der Waals surface area contributed by atoms with E-state index in [1.807, 2.05) is 0 Å². The Hall–Kier alpha value is -2.92. The van der Waals surface area contributed by atoms with Crippen LogP contribution in [0.5, 0.6) is 0 Å². The highest BCUT2D eigenvalue weighted by Gasteiger charge is 2.62. The van der Waals surface area contributed by atoms with Crippen molar-refractivity contribution in [2.45, 2.75) is 18.3 Å². The Balaban J connectivity index is 1.58. The van der Waals surface area contributed by atoms with Gasteiger partial charge in [-0.2, -0.15) is 23.3 Å². The Kier molecular flexibility index (Phi) is 5.44. The first-order valence-electron chi connectivity index (χ1n) is 9.67. The van der Waals surface area contributed by atoms with Crippen molar-refractivity contribution in [3.05, 3.63) is 79.9 Å². The van der Waals surface area contributed by atoms with Crippen molar-refractivity contribution in [1.29, 1.82) is 0 Å². The molecule has 4 aromatic rings. The molecular formula is C22H12Cl2F3N3O3S. The summed E-state index contributed by atoms with van der Waals surface area (Å²) in [6, 6.07) is 12.2. The minimum absolute atomic E-state index is 0.00750. The third kappa shape index (κ3) is 3.86. The van der Waals surface area contributed by atoms with Gasteiger partial charge >= 0.3 is 11.8 Å². The summed E-state index contributed by atoms with van der Waals surface area (Å²) in [7, 11) is 0. The van der Waals surface area contributed by atoms with Crippen LogP contribution < -0.4 is 10.6 Å². The molecule has 34 heavy (non-hydrogen) atoms. The van der Waals surface area contributed by atoms with E-state index >= 15 is 0 Å². The van der Waals surface area contributed by atoms with Gasteiger partial charge in [0.15, 0.2) is 0 Å². The fourth-order valence-corrected chi connectivity index (χ4v) is 4.67. The number of hydrazone groups is 1. The van der Waals surface area contributed by atoms with Crippen LogP contribution in [0, 0.1) is 0 Å². The number of halogens is 5. The largest absolute Gasteiger partial charge is 0.438 e. The van der Waals surface area contributed by atoms with Crippen LogP contribution in [0.2, 0.25) is 10.0 Å². The summed E-state index contributed by atoms with van der Waals surface area (Å²) < 4.78 is 47.1. The van der Waals surface area contributed by atoms with Crippen molar-refractivity contribution < 1.29 is 22.7 Å². The standard InChI is InChI=1S/C22H12Cl2F3N3O3S/c23-13-3-1-11(2-4-13)16-9-21(32,22(25,26)27)30(29-16)20-28-17(10-34-20)15-8-12-7-14(24)5-6-18(12)33-19(15)31/h1-8,10,32H,9H2/t21-/m1/s1. The normalized spacial score (nSPS) is 18.5. The average Bonchev–Trinajstić information content (AvgIpc) is 3.39. The second-order valence-electron chi connectivity index (χ2n) is 7.50. The Bertz CT molecular complexity index is 1500. The maximum atomic E-state index is 14.0. The lowest BCUT2D eigenvalue weighted by Crippen LogP contribution is -2.55. The smallest absolute Gasteiger partial charge is 0.422 e. The van der Waals surface area contributed by atoms with E-state index in [0.717, 1.165) is 11.3 Å². The average molecular weight is 526 g/mol. The number of hydrogen-bond donors (Lipinski definition) is 1. The van der Waals surface area contributed by atoms with E-state index in [1.54, 1.807) is 12.1 Å². The Morgan fingerprint density at radius 2 is 1.79 bits per heavy atom. The molecule has 12 heteroatoms. The lowest BCUT2D eigenvalue weighted by atomic mass is 10.0. The zero-order valence-electron chi connectivity index (χ0n) is 16.8. The van der Waals surface area contributed by atoms with E-state index in [0.29, 0.717) is 31.6 Å². The topological polar surface area (TPSA) is 78.9 Å².